The zero-order chi connectivity index (χ0) is 16.5. The second kappa shape index (κ2) is 5.85. The molecule has 1 saturated heterocycles. The fourth-order valence-corrected chi connectivity index (χ4v) is 4.59. The minimum atomic E-state index is -0.363. The number of allylic oxidation sites excluding steroid dienone is 2. The van der Waals surface area contributed by atoms with E-state index in [0.717, 1.165) is 6.42 Å². The van der Waals surface area contributed by atoms with Gasteiger partial charge in [-0.05, 0) is 61.8 Å². The van der Waals surface area contributed by atoms with E-state index in [0.29, 0.717) is 0 Å². The van der Waals surface area contributed by atoms with Crippen LogP contribution in [0.2, 0.25) is 0 Å². The molecule has 1 aliphatic heterocycles. The molecule has 3 heteroatoms. The van der Waals surface area contributed by atoms with Gasteiger partial charge in [0.1, 0.15) is 0 Å². The van der Waals surface area contributed by atoms with Crippen molar-refractivity contribution in [3.63, 3.8) is 0 Å². The highest BCUT2D eigenvalue weighted by atomic mass is 15.6. The number of rotatable bonds is 3. The lowest BCUT2D eigenvalue weighted by atomic mass is 9.57. The first-order valence-corrected chi connectivity index (χ1v) is 7.78. The van der Waals surface area contributed by atoms with E-state index in [4.69, 9.17) is 0 Å². The molecule has 3 nitrogen and oxygen atoms in total. The Morgan fingerprint density at radius 1 is 1.24 bits per heavy atom. The number of nitrogens with one attached hydrogen (secondary N) is 1. The Morgan fingerprint density at radius 3 is 2.24 bits per heavy atom. The summed E-state index contributed by atoms with van der Waals surface area (Å²) in [6.07, 6.45) is 6.96. The van der Waals surface area contributed by atoms with Gasteiger partial charge in [-0.15, -0.1) is 0 Å². The number of hydrogen-bond acceptors (Lipinski definition) is 3. The van der Waals surface area contributed by atoms with E-state index in [2.05, 4.69) is 71.0 Å². The van der Waals surface area contributed by atoms with Crippen molar-refractivity contribution in [2.24, 2.45) is 11.3 Å². The summed E-state index contributed by atoms with van der Waals surface area (Å²) in [6.45, 7) is 17.2. The van der Waals surface area contributed by atoms with Gasteiger partial charge in [0.15, 0.2) is 0 Å². The van der Waals surface area contributed by atoms with Gasteiger partial charge in [-0.1, -0.05) is 17.7 Å². The first-order valence-electron chi connectivity index (χ1n) is 7.78. The highest BCUT2D eigenvalue weighted by Gasteiger charge is 2.57. The third-order valence-corrected chi connectivity index (χ3v) is 4.86. The second-order valence-electron chi connectivity index (χ2n) is 7.60. The van der Waals surface area contributed by atoms with E-state index < -0.39 is 0 Å². The molecule has 1 N–H and O–H groups in total. The average molecular weight is 289 g/mol. The molecule has 0 radical (unpaired) electrons. The quantitative estimate of drug-likeness (QED) is 0.783. The maximum atomic E-state index is 9.86. The van der Waals surface area contributed by atoms with Crippen LogP contribution in [0.1, 0.15) is 61.8 Å². The van der Waals surface area contributed by atoms with Crippen LogP contribution in [0.15, 0.2) is 23.9 Å². The van der Waals surface area contributed by atoms with Crippen molar-refractivity contribution in [3.8, 4) is 6.07 Å². The molecule has 0 amide bonds. The molecule has 2 atom stereocenters. The summed E-state index contributed by atoms with van der Waals surface area (Å²) in [4.78, 5) is 0. The van der Waals surface area contributed by atoms with E-state index in [1.54, 1.807) is 0 Å². The Balaban J connectivity index is 3.44. The van der Waals surface area contributed by atoms with Crippen molar-refractivity contribution >= 4 is 0 Å². The van der Waals surface area contributed by atoms with E-state index >= 15 is 0 Å². The van der Waals surface area contributed by atoms with Gasteiger partial charge < -0.3 is 5.43 Å². The van der Waals surface area contributed by atoms with Crippen molar-refractivity contribution in [2.75, 3.05) is 0 Å². The van der Waals surface area contributed by atoms with Crippen LogP contribution in [0.5, 0.6) is 0 Å². The first kappa shape index (κ1) is 17.8. The molecule has 1 aliphatic rings. The minimum Gasteiger partial charge on any atom is -0.325 e. The fourth-order valence-electron chi connectivity index (χ4n) is 4.59. The zero-order valence-corrected chi connectivity index (χ0v) is 14.9. The average Bonchev–Trinajstić information content (AvgIpc) is 2.36. The molecule has 118 valence electrons. The van der Waals surface area contributed by atoms with Gasteiger partial charge in [-0.3, -0.25) is 0 Å². The molecule has 0 saturated carbocycles. The molecule has 0 aliphatic carbocycles. The molecule has 0 spiro atoms. The number of nitriles is 1. The molecular formula is C18H31N3. The van der Waals surface area contributed by atoms with Crippen LogP contribution < -0.4 is 5.43 Å². The molecule has 1 heterocycles. The molecule has 0 bridgehead atoms. The van der Waals surface area contributed by atoms with Crippen LogP contribution in [0.3, 0.4) is 0 Å². The van der Waals surface area contributed by atoms with Crippen molar-refractivity contribution in [1.82, 2.24) is 10.4 Å². The Bertz CT molecular complexity index is 479. The molecule has 2 unspecified atom stereocenters. The Labute approximate surface area is 130 Å². The highest BCUT2D eigenvalue weighted by Crippen LogP contribution is 2.53. The minimum absolute atomic E-state index is 0.0992. The lowest BCUT2D eigenvalue weighted by molar-refractivity contribution is -0.123. The van der Waals surface area contributed by atoms with Gasteiger partial charge in [-0.2, -0.15) is 5.26 Å². The van der Waals surface area contributed by atoms with Gasteiger partial charge in [0.2, 0.25) is 0 Å². The third kappa shape index (κ3) is 3.01. The van der Waals surface area contributed by atoms with Gasteiger partial charge in [-0.25, -0.2) is 5.01 Å². The summed E-state index contributed by atoms with van der Waals surface area (Å²) in [5.41, 5.74) is 4.10. The number of nitrogens with zero attached hydrogens (tertiary/aromatic N) is 2. The fraction of sp³-hybridized carbons (Fsp3) is 0.722. The summed E-state index contributed by atoms with van der Waals surface area (Å²) >= 11 is 0. The van der Waals surface area contributed by atoms with E-state index in [-0.39, 0.29) is 22.4 Å². The molecule has 1 fully saturated rings. The van der Waals surface area contributed by atoms with Gasteiger partial charge in [0.05, 0.1) is 11.5 Å². The number of hydrogen-bond donors (Lipinski definition) is 1. The third-order valence-electron chi connectivity index (χ3n) is 4.86. The summed E-state index contributed by atoms with van der Waals surface area (Å²) < 4.78 is 0. The highest BCUT2D eigenvalue weighted by molar-refractivity contribution is 5.25. The SMILES string of the molecule is CC=CNN1C(C)(C)CC(C)(C#N)C(C(C)=CC)C1(C)C. The van der Waals surface area contributed by atoms with Crippen LogP contribution in [0.25, 0.3) is 0 Å². The smallest absolute Gasteiger partial charge is 0.0694 e. The van der Waals surface area contributed by atoms with Crippen molar-refractivity contribution < 1.29 is 0 Å². The summed E-state index contributed by atoms with van der Waals surface area (Å²) in [5.74, 6) is 0.186. The predicted molar refractivity (Wildman–Crippen MR) is 89.2 cm³/mol. The Kier molecular flexibility index (Phi) is 4.95. The monoisotopic (exact) mass is 289 g/mol. The summed E-state index contributed by atoms with van der Waals surface area (Å²) in [6, 6.07) is 2.62. The predicted octanol–water partition coefficient (Wildman–Crippen LogP) is 4.40. The van der Waals surface area contributed by atoms with Gasteiger partial charge in [0.25, 0.3) is 0 Å². The second-order valence-corrected chi connectivity index (χ2v) is 7.60. The molecule has 0 aromatic heterocycles. The van der Waals surface area contributed by atoms with Crippen molar-refractivity contribution in [1.29, 1.82) is 5.26 Å². The first-order chi connectivity index (χ1) is 9.56. The largest absolute Gasteiger partial charge is 0.325 e. The van der Waals surface area contributed by atoms with Crippen molar-refractivity contribution in [2.45, 2.75) is 72.9 Å². The molecule has 1 rings (SSSR count). The van der Waals surface area contributed by atoms with Crippen LogP contribution >= 0.6 is 0 Å². The topological polar surface area (TPSA) is 39.1 Å². The van der Waals surface area contributed by atoms with Crippen LogP contribution in [-0.4, -0.2) is 16.1 Å². The van der Waals surface area contributed by atoms with Gasteiger partial charge in [0, 0.05) is 23.2 Å². The standard InChI is InChI=1S/C18H31N3/c1-9-11-20-21-16(4,5)12-18(8,13-19)15(14(3)10-2)17(21,6)7/h9-11,15,20H,12H2,1-8H3. The maximum absolute atomic E-state index is 9.86. The molecule has 21 heavy (non-hydrogen) atoms. The lowest BCUT2D eigenvalue weighted by Gasteiger charge is -2.61. The summed E-state index contributed by atoms with van der Waals surface area (Å²) in [5, 5.41) is 12.2. The molecular weight excluding hydrogens is 258 g/mol. The molecule has 0 aromatic carbocycles. The Morgan fingerprint density at radius 2 is 1.81 bits per heavy atom. The number of hydrazine groups is 1. The van der Waals surface area contributed by atoms with Crippen LogP contribution in [0, 0.1) is 22.7 Å². The normalized spacial score (nSPS) is 32.9. The van der Waals surface area contributed by atoms with Crippen LogP contribution in [0.4, 0.5) is 0 Å². The van der Waals surface area contributed by atoms with Gasteiger partial charge >= 0.3 is 0 Å². The lowest BCUT2D eigenvalue weighted by Crippen LogP contribution is -2.70. The van der Waals surface area contributed by atoms with E-state index in [9.17, 15) is 5.26 Å². The summed E-state index contributed by atoms with van der Waals surface area (Å²) in [7, 11) is 0. The Hall–Kier alpha value is -1.27. The van der Waals surface area contributed by atoms with E-state index in [1.165, 1.54) is 5.57 Å². The number of piperidine rings is 1. The maximum Gasteiger partial charge on any atom is 0.0694 e. The zero-order valence-electron chi connectivity index (χ0n) is 14.9. The van der Waals surface area contributed by atoms with Crippen molar-refractivity contribution in [3.05, 3.63) is 23.9 Å². The van der Waals surface area contributed by atoms with E-state index in [1.807, 2.05) is 19.2 Å². The van der Waals surface area contributed by atoms with Crippen LogP contribution in [-0.2, 0) is 0 Å². The molecule has 0 aromatic rings.